The van der Waals surface area contributed by atoms with E-state index in [9.17, 15) is 26.3 Å². The van der Waals surface area contributed by atoms with E-state index in [1.165, 1.54) is 12.2 Å². The molecule has 0 saturated heterocycles. The van der Waals surface area contributed by atoms with Gasteiger partial charge in [-0.05, 0) is 24.6 Å². The predicted octanol–water partition coefficient (Wildman–Crippen LogP) is 5.37. The summed E-state index contributed by atoms with van der Waals surface area (Å²) in [6.07, 6.45) is -7.20. The number of halogens is 7. The highest BCUT2D eigenvalue weighted by atomic mass is 35.5. The van der Waals surface area contributed by atoms with E-state index in [1.54, 1.807) is 6.92 Å². The number of allylic oxidation sites excluding steroid dienone is 1. The first-order chi connectivity index (χ1) is 8.64. The van der Waals surface area contributed by atoms with Gasteiger partial charge in [-0.1, -0.05) is 29.8 Å². The topological polar surface area (TPSA) is 0 Å². The molecule has 0 radical (unpaired) electrons. The molecule has 1 rings (SSSR count). The SMILES string of the molecule is CC=Cc1cc(C(F)(C(F)F)C(F)(F)F)ccc1Cl. The van der Waals surface area contributed by atoms with Gasteiger partial charge < -0.3 is 0 Å². The van der Waals surface area contributed by atoms with Crippen molar-refractivity contribution in [3.05, 3.63) is 40.4 Å². The van der Waals surface area contributed by atoms with E-state index in [-0.39, 0.29) is 10.6 Å². The molecule has 106 valence electrons. The molecule has 0 saturated carbocycles. The van der Waals surface area contributed by atoms with Gasteiger partial charge in [-0.2, -0.15) is 13.2 Å². The van der Waals surface area contributed by atoms with Crippen LogP contribution in [0.1, 0.15) is 18.1 Å². The van der Waals surface area contributed by atoms with Crippen molar-refractivity contribution in [3.8, 4) is 0 Å². The minimum Gasteiger partial charge on any atom is -0.222 e. The number of hydrogen-bond donors (Lipinski definition) is 0. The second-order valence-electron chi connectivity index (χ2n) is 3.75. The van der Waals surface area contributed by atoms with E-state index >= 15 is 0 Å². The van der Waals surface area contributed by atoms with E-state index in [2.05, 4.69) is 0 Å². The van der Waals surface area contributed by atoms with Gasteiger partial charge in [0.25, 0.3) is 12.1 Å². The molecule has 1 aromatic carbocycles. The van der Waals surface area contributed by atoms with Crippen molar-refractivity contribution in [2.45, 2.75) is 25.2 Å². The Morgan fingerprint density at radius 3 is 2.16 bits per heavy atom. The van der Waals surface area contributed by atoms with E-state index in [0.717, 1.165) is 6.07 Å². The second-order valence-corrected chi connectivity index (χ2v) is 4.15. The Kier molecular flexibility index (Phi) is 4.55. The van der Waals surface area contributed by atoms with Crippen molar-refractivity contribution >= 4 is 17.7 Å². The molecule has 0 aliphatic heterocycles. The Morgan fingerprint density at radius 1 is 1.16 bits per heavy atom. The zero-order chi connectivity index (χ0) is 14.8. The van der Waals surface area contributed by atoms with Gasteiger partial charge in [0.2, 0.25) is 0 Å². The molecular formula is C12H9ClF6. The zero-order valence-electron chi connectivity index (χ0n) is 9.61. The third kappa shape index (κ3) is 2.88. The summed E-state index contributed by atoms with van der Waals surface area (Å²) in [5.74, 6) is 0. The van der Waals surface area contributed by atoms with Gasteiger partial charge >= 0.3 is 6.18 Å². The highest BCUT2D eigenvalue weighted by Crippen LogP contribution is 2.47. The molecule has 0 aliphatic carbocycles. The van der Waals surface area contributed by atoms with E-state index in [0.29, 0.717) is 12.1 Å². The van der Waals surface area contributed by atoms with E-state index in [4.69, 9.17) is 11.6 Å². The Bertz CT molecular complexity index is 480. The molecule has 7 heteroatoms. The largest absolute Gasteiger partial charge is 0.432 e. The van der Waals surface area contributed by atoms with Crippen LogP contribution >= 0.6 is 11.6 Å². The van der Waals surface area contributed by atoms with Gasteiger partial charge in [-0.25, -0.2) is 13.2 Å². The predicted molar refractivity (Wildman–Crippen MR) is 61.0 cm³/mol. The second kappa shape index (κ2) is 5.45. The molecule has 0 spiro atoms. The van der Waals surface area contributed by atoms with Crippen molar-refractivity contribution in [2.75, 3.05) is 0 Å². The molecule has 0 heterocycles. The molecule has 0 N–H and O–H groups in total. The fourth-order valence-electron chi connectivity index (χ4n) is 1.49. The molecule has 19 heavy (non-hydrogen) atoms. The molecule has 0 aliphatic rings. The molecule has 0 amide bonds. The minimum absolute atomic E-state index is 0.0357. The number of benzene rings is 1. The Balaban J connectivity index is 3.45. The van der Waals surface area contributed by atoms with Crippen LogP contribution in [0.25, 0.3) is 6.08 Å². The highest BCUT2D eigenvalue weighted by molar-refractivity contribution is 6.32. The van der Waals surface area contributed by atoms with Crippen LogP contribution in [0.15, 0.2) is 24.3 Å². The van der Waals surface area contributed by atoms with Gasteiger partial charge in [0.15, 0.2) is 0 Å². The van der Waals surface area contributed by atoms with Crippen molar-refractivity contribution in [1.82, 2.24) is 0 Å². The van der Waals surface area contributed by atoms with Crippen LogP contribution in [-0.4, -0.2) is 12.6 Å². The molecule has 1 atom stereocenters. The number of hydrogen-bond acceptors (Lipinski definition) is 0. The summed E-state index contributed by atoms with van der Waals surface area (Å²) < 4.78 is 76.5. The van der Waals surface area contributed by atoms with Crippen LogP contribution in [0.3, 0.4) is 0 Å². The lowest BCUT2D eigenvalue weighted by Gasteiger charge is -2.27. The molecule has 1 unspecified atom stereocenters. The maximum atomic E-state index is 13.8. The zero-order valence-corrected chi connectivity index (χ0v) is 10.4. The minimum atomic E-state index is -5.72. The van der Waals surface area contributed by atoms with Gasteiger partial charge in [0.1, 0.15) is 0 Å². The summed E-state index contributed by atoms with van der Waals surface area (Å²) in [6.45, 7) is 1.56. The van der Waals surface area contributed by atoms with Crippen LogP contribution in [0, 0.1) is 0 Å². The third-order valence-electron chi connectivity index (χ3n) is 2.48. The Morgan fingerprint density at radius 2 is 1.74 bits per heavy atom. The molecular weight excluding hydrogens is 294 g/mol. The monoisotopic (exact) mass is 302 g/mol. The van der Waals surface area contributed by atoms with Crippen molar-refractivity contribution in [1.29, 1.82) is 0 Å². The summed E-state index contributed by atoms with van der Waals surface area (Å²) in [4.78, 5) is 0. The number of rotatable bonds is 3. The maximum Gasteiger partial charge on any atom is 0.432 e. The lowest BCUT2D eigenvalue weighted by molar-refractivity contribution is -0.274. The van der Waals surface area contributed by atoms with Crippen molar-refractivity contribution in [3.63, 3.8) is 0 Å². The summed E-state index contributed by atoms with van der Waals surface area (Å²) in [5, 5.41) is 0.0423. The fourth-order valence-corrected chi connectivity index (χ4v) is 1.67. The number of alkyl halides is 6. The van der Waals surface area contributed by atoms with Gasteiger partial charge in [0, 0.05) is 10.6 Å². The van der Waals surface area contributed by atoms with Gasteiger partial charge in [-0.3, -0.25) is 0 Å². The summed E-state index contributed by atoms with van der Waals surface area (Å²) in [6, 6.07) is 2.23. The van der Waals surface area contributed by atoms with Crippen LogP contribution in [0.2, 0.25) is 5.02 Å². The van der Waals surface area contributed by atoms with Crippen molar-refractivity contribution < 1.29 is 26.3 Å². The first-order valence-electron chi connectivity index (χ1n) is 5.11. The average Bonchev–Trinajstić information content (AvgIpc) is 2.29. The van der Waals surface area contributed by atoms with Crippen LogP contribution in [-0.2, 0) is 5.67 Å². The summed E-state index contributed by atoms with van der Waals surface area (Å²) in [5.41, 5.74) is -5.85. The normalized spacial score (nSPS) is 16.1. The van der Waals surface area contributed by atoms with Crippen molar-refractivity contribution in [2.24, 2.45) is 0 Å². The molecule has 0 nitrogen and oxygen atoms in total. The highest BCUT2D eigenvalue weighted by Gasteiger charge is 2.64. The lowest BCUT2D eigenvalue weighted by Crippen LogP contribution is -2.44. The third-order valence-corrected chi connectivity index (χ3v) is 2.82. The van der Waals surface area contributed by atoms with Gasteiger partial charge in [-0.15, -0.1) is 0 Å². The first-order valence-corrected chi connectivity index (χ1v) is 5.49. The van der Waals surface area contributed by atoms with E-state index in [1.807, 2.05) is 0 Å². The quantitative estimate of drug-likeness (QED) is 0.659. The van der Waals surface area contributed by atoms with Gasteiger partial charge in [0.05, 0.1) is 0 Å². The fraction of sp³-hybridized carbons (Fsp3) is 0.333. The van der Waals surface area contributed by atoms with Crippen LogP contribution < -0.4 is 0 Å². The summed E-state index contributed by atoms with van der Waals surface area (Å²) >= 11 is 5.68. The Labute approximate surface area is 110 Å². The first kappa shape index (κ1) is 15.9. The van der Waals surface area contributed by atoms with Crippen LogP contribution in [0.4, 0.5) is 26.3 Å². The average molecular weight is 303 g/mol. The van der Waals surface area contributed by atoms with E-state index < -0.39 is 23.8 Å². The summed E-state index contributed by atoms with van der Waals surface area (Å²) in [7, 11) is 0. The van der Waals surface area contributed by atoms with Crippen LogP contribution in [0.5, 0.6) is 0 Å². The maximum absolute atomic E-state index is 13.8. The molecule has 0 fully saturated rings. The molecule has 0 bridgehead atoms. The molecule has 0 aromatic heterocycles. The molecule has 1 aromatic rings. The Hall–Kier alpha value is -1.17. The lowest BCUT2D eigenvalue weighted by atomic mass is 9.93. The standard InChI is InChI=1S/C12H9ClF6/c1-2-3-7-6-8(4-5-9(7)13)11(16,10(14)15)12(17,18)19/h2-6,10H,1H3. The smallest absolute Gasteiger partial charge is 0.222 e.